The summed E-state index contributed by atoms with van der Waals surface area (Å²) in [6, 6.07) is 11.9. The van der Waals surface area contributed by atoms with Crippen molar-refractivity contribution in [3.63, 3.8) is 0 Å². The fourth-order valence-corrected chi connectivity index (χ4v) is 2.46. The van der Waals surface area contributed by atoms with E-state index in [9.17, 15) is 4.79 Å². The van der Waals surface area contributed by atoms with E-state index in [-0.39, 0.29) is 5.69 Å². The molecule has 1 aromatic heterocycles. The van der Waals surface area contributed by atoms with E-state index >= 15 is 0 Å². The third kappa shape index (κ3) is 3.28. The Labute approximate surface area is 140 Å². The number of aromatic amines is 2. The van der Waals surface area contributed by atoms with Crippen LogP contribution in [0, 0.1) is 0 Å². The van der Waals surface area contributed by atoms with Crippen LogP contribution in [0.25, 0.3) is 11.3 Å². The normalized spacial score (nSPS) is 11.2. The smallest absolute Gasteiger partial charge is 0.292 e. The molecule has 3 rings (SSSR count). The predicted octanol–water partition coefficient (Wildman–Crippen LogP) is 4.67. The minimum atomic E-state index is -0.392. The Morgan fingerprint density at radius 1 is 1.00 bits per heavy atom. The van der Waals surface area contributed by atoms with Crippen molar-refractivity contribution in [2.45, 2.75) is 0 Å². The number of benzene rings is 2. The minimum Gasteiger partial charge on any atom is -0.399 e. The first-order chi connectivity index (χ1) is 11.0. The second-order valence-electron chi connectivity index (χ2n) is 4.72. The Bertz CT molecular complexity index is 945. The molecule has 4 N–H and O–H groups in total. The summed E-state index contributed by atoms with van der Waals surface area (Å²) < 4.78 is 0. The van der Waals surface area contributed by atoms with Gasteiger partial charge in [-0.15, -0.1) is 10.2 Å². The number of hydrogen-bond acceptors (Lipinski definition) is 4. The largest absolute Gasteiger partial charge is 0.399 e. The summed E-state index contributed by atoms with van der Waals surface area (Å²) >= 11 is 11.9. The van der Waals surface area contributed by atoms with Gasteiger partial charge in [0.2, 0.25) is 0 Å². The Hall–Kier alpha value is -2.57. The summed E-state index contributed by atoms with van der Waals surface area (Å²) in [5.41, 5.74) is 7.72. The molecule has 8 heteroatoms. The molecule has 0 radical (unpaired) electrons. The van der Waals surface area contributed by atoms with E-state index < -0.39 is 5.56 Å². The van der Waals surface area contributed by atoms with E-state index in [1.807, 2.05) is 6.07 Å². The zero-order valence-corrected chi connectivity index (χ0v) is 13.2. The Morgan fingerprint density at radius 2 is 1.83 bits per heavy atom. The van der Waals surface area contributed by atoms with Crippen LogP contribution in [0.4, 0.5) is 17.1 Å². The monoisotopic (exact) mass is 347 g/mol. The van der Waals surface area contributed by atoms with Gasteiger partial charge in [0, 0.05) is 16.3 Å². The molecule has 0 aliphatic heterocycles. The zero-order chi connectivity index (χ0) is 16.4. The lowest BCUT2D eigenvalue weighted by molar-refractivity contribution is 1.06. The molecule has 0 unspecified atom stereocenters. The first-order valence-electron chi connectivity index (χ1n) is 6.58. The van der Waals surface area contributed by atoms with Crippen molar-refractivity contribution < 1.29 is 0 Å². The molecule has 3 aromatic rings. The van der Waals surface area contributed by atoms with Gasteiger partial charge in [0.25, 0.3) is 5.56 Å². The van der Waals surface area contributed by atoms with E-state index in [0.29, 0.717) is 27.1 Å². The highest BCUT2D eigenvalue weighted by Crippen LogP contribution is 2.31. The topological polar surface area (TPSA) is 99.4 Å². The maximum atomic E-state index is 11.9. The second-order valence-corrected chi connectivity index (χ2v) is 5.57. The van der Waals surface area contributed by atoms with Gasteiger partial charge in [-0.1, -0.05) is 35.3 Å². The lowest BCUT2D eigenvalue weighted by Crippen LogP contribution is -1.96. The van der Waals surface area contributed by atoms with Crippen LogP contribution in [-0.2, 0) is 0 Å². The van der Waals surface area contributed by atoms with Gasteiger partial charge in [-0.05, 0) is 30.3 Å². The SMILES string of the molecule is Nc1cccc(-c2[nH][nH]c(=O)c2N=Nc2ccc(Cl)cc2Cl)c1. The van der Waals surface area contributed by atoms with Crippen LogP contribution in [0.2, 0.25) is 10.0 Å². The molecule has 1 heterocycles. The molecule has 116 valence electrons. The lowest BCUT2D eigenvalue weighted by atomic mass is 10.1. The number of azo groups is 1. The Kier molecular flexibility index (Phi) is 4.18. The van der Waals surface area contributed by atoms with Gasteiger partial charge < -0.3 is 5.73 Å². The van der Waals surface area contributed by atoms with Crippen LogP contribution < -0.4 is 11.3 Å². The van der Waals surface area contributed by atoms with E-state index in [1.54, 1.807) is 36.4 Å². The van der Waals surface area contributed by atoms with Gasteiger partial charge in [-0.25, -0.2) is 0 Å². The molecule has 0 fully saturated rings. The molecule has 6 nitrogen and oxygen atoms in total. The molecule has 0 aliphatic carbocycles. The van der Waals surface area contributed by atoms with Crippen molar-refractivity contribution in [2.75, 3.05) is 5.73 Å². The van der Waals surface area contributed by atoms with Crippen molar-refractivity contribution >= 4 is 40.3 Å². The number of nitrogen functional groups attached to an aromatic ring is 1. The van der Waals surface area contributed by atoms with E-state index in [2.05, 4.69) is 20.4 Å². The average molecular weight is 348 g/mol. The standard InChI is InChI=1S/C15H11Cl2N5O/c16-9-4-5-12(11(17)7-9)19-21-14-13(20-22-15(14)23)8-2-1-3-10(18)6-8/h1-7H,18H2,(H2,20,22,23). The summed E-state index contributed by atoms with van der Waals surface area (Å²) in [6.45, 7) is 0. The highest BCUT2D eigenvalue weighted by molar-refractivity contribution is 6.36. The fraction of sp³-hybridized carbons (Fsp3) is 0. The number of nitrogens with zero attached hydrogens (tertiary/aromatic N) is 2. The highest BCUT2D eigenvalue weighted by Gasteiger charge is 2.12. The maximum Gasteiger partial charge on any atom is 0.292 e. The van der Waals surface area contributed by atoms with E-state index in [1.165, 1.54) is 0 Å². The molecular formula is C15H11Cl2N5O. The van der Waals surface area contributed by atoms with E-state index in [4.69, 9.17) is 28.9 Å². The van der Waals surface area contributed by atoms with Gasteiger partial charge in [0.15, 0.2) is 5.69 Å². The fourth-order valence-electron chi connectivity index (χ4n) is 2.02. The van der Waals surface area contributed by atoms with Gasteiger partial charge in [0.05, 0.1) is 10.7 Å². The Balaban J connectivity index is 2.02. The van der Waals surface area contributed by atoms with Gasteiger partial charge >= 0.3 is 0 Å². The molecule has 0 spiro atoms. The van der Waals surface area contributed by atoms with Crippen LogP contribution >= 0.6 is 23.2 Å². The predicted molar refractivity (Wildman–Crippen MR) is 91.9 cm³/mol. The number of aromatic nitrogens is 2. The average Bonchev–Trinajstić information content (AvgIpc) is 2.87. The number of anilines is 1. The molecule has 0 amide bonds. The molecule has 0 aliphatic rings. The van der Waals surface area contributed by atoms with E-state index in [0.717, 1.165) is 5.56 Å². The second kappa shape index (κ2) is 6.28. The van der Waals surface area contributed by atoms with Crippen LogP contribution in [0.3, 0.4) is 0 Å². The summed E-state index contributed by atoms with van der Waals surface area (Å²) in [5, 5.41) is 14.1. The van der Waals surface area contributed by atoms with Crippen LogP contribution in [-0.4, -0.2) is 10.2 Å². The maximum absolute atomic E-state index is 11.9. The number of H-pyrrole nitrogens is 2. The third-order valence-electron chi connectivity index (χ3n) is 3.10. The highest BCUT2D eigenvalue weighted by atomic mass is 35.5. The van der Waals surface area contributed by atoms with Crippen molar-refractivity contribution in [1.82, 2.24) is 10.2 Å². The Morgan fingerprint density at radius 3 is 2.57 bits per heavy atom. The number of nitrogens with one attached hydrogen (secondary N) is 2. The summed E-state index contributed by atoms with van der Waals surface area (Å²) in [7, 11) is 0. The quantitative estimate of drug-likeness (QED) is 0.473. The first kappa shape index (κ1) is 15.3. The molecule has 2 aromatic carbocycles. The number of nitrogens with two attached hydrogens (primary N) is 1. The molecular weight excluding hydrogens is 337 g/mol. The summed E-state index contributed by atoms with van der Waals surface area (Å²) in [5.74, 6) is 0. The van der Waals surface area contributed by atoms with Crippen LogP contribution in [0.15, 0.2) is 57.5 Å². The van der Waals surface area contributed by atoms with Crippen molar-refractivity contribution in [1.29, 1.82) is 0 Å². The van der Waals surface area contributed by atoms with Gasteiger partial charge in [-0.2, -0.15) is 0 Å². The summed E-state index contributed by atoms with van der Waals surface area (Å²) in [6.07, 6.45) is 0. The van der Waals surface area contributed by atoms with Crippen molar-refractivity contribution in [2.24, 2.45) is 10.2 Å². The number of hydrogen-bond donors (Lipinski definition) is 3. The van der Waals surface area contributed by atoms with Gasteiger partial charge in [0.1, 0.15) is 5.69 Å². The first-order valence-corrected chi connectivity index (χ1v) is 7.33. The molecule has 0 saturated heterocycles. The molecule has 0 atom stereocenters. The van der Waals surface area contributed by atoms with Gasteiger partial charge in [-0.3, -0.25) is 15.0 Å². The summed E-state index contributed by atoms with van der Waals surface area (Å²) in [4.78, 5) is 11.9. The van der Waals surface area contributed by atoms with Crippen LogP contribution in [0.1, 0.15) is 0 Å². The zero-order valence-electron chi connectivity index (χ0n) is 11.7. The number of halogens is 2. The van der Waals surface area contributed by atoms with Crippen molar-refractivity contribution in [3.05, 3.63) is 62.9 Å². The molecule has 0 bridgehead atoms. The number of rotatable bonds is 3. The minimum absolute atomic E-state index is 0.140. The van der Waals surface area contributed by atoms with Crippen LogP contribution in [0.5, 0.6) is 0 Å². The molecule has 23 heavy (non-hydrogen) atoms. The lowest BCUT2D eigenvalue weighted by Gasteiger charge is -2.00. The molecule has 0 saturated carbocycles. The third-order valence-corrected chi connectivity index (χ3v) is 3.63. The van der Waals surface area contributed by atoms with Crippen molar-refractivity contribution in [3.8, 4) is 11.3 Å².